The molecule has 2 amide bonds. The number of carbonyl (C=O) groups excluding carboxylic acids is 3. The van der Waals surface area contributed by atoms with Crippen molar-refractivity contribution in [3.05, 3.63) is 102 Å². The Morgan fingerprint density at radius 2 is 1.33 bits per heavy atom. The minimum Gasteiger partial charge on any atom is -0.445 e. The fourth-order valence-electron chi connectivity index (χ4n) is 3.03. The van der Waals surface area contributed by atoms with Crippen molar-refractivity contribution in [2.75, 3.05) is 0 Å². The smallest absolute Gasteiger partial charge is 0.408 e. The number of hydrogen-bond acceptors (Lipinski definition) is 5. The number of hydrogen-bond donors (Lipinski definition) is 2. The van der Waals surface area contributed by atoms with Crippen LogP contribution in [0.3, 0.4) is 0 Å². The Morgan fingerprint density at radius 3 is 1.94 bits per heavy atom. The van der Waals surface area contributed by atoms with Gasteiger partial charge in [0.05, 0.1) is 6.04 Å². The third-order valence-electron chi connectivity index (χ3n) is 4.78. The minimum absolute atomic E-state index is 0.0922. The number of rotatable bonds is 9. The van der Waals surface area contributed by atoms with Crippen LogP contribution in [0, 0.1) is 0 Å². The summed E-state index contributed by atoms with van der Waals surface area (Å²) < 4.78 is 5.28. The van der Waals surface area contributed by atoms with Crippen LogP contribution in [-0.4, -0.2) is 29.2 Å². The predicted octanol–water partition coefficient (Wildman–Crippen LogP) is 4.35. The van der Waals surface area contributed by atoms with Gasteiger partial charge >= 0.3 is 6.09 Å². The maximum absolute atomic E-state index is 13.0. The fraction of sp³-hybridized carbons (Fsp3) is 0.192. The molecule has 0 aliphatic carbocycles. The highest BCUT2D eigenvalue weighted by molar-refractivity contribution is 8.13. The van der Waals surface area contributed by atoms with Crippen molar-refractivity contribution in [2.45, 2.75) is 36.9 Å². The molecule has 0 radical (unpaired) electrons. The molecule has 3 rings (SSSR count). The quantitative estimate of drug-likeness (QED) is 0.462. The van der Waals surface area contributed by atoms with E-state index in [1.165, 1.54) is 0 Å². The first-order valence-corrected chi connectivity index (χ1v) is 11.4. The van der Waals surface area contributed by atoms with Crippen molar-refractivity contribution < 1.29 is 19.1 Å². The standard InChI is InChI=1S/C26H26N2O4S/c1-19(25(30)33-22-15-9-4-10-16-22)27-24(29)23(17-20-11-5-2-6-12-20)28-26(31)32-18-21-13-7-3-8-14-21/h2-16,19,23H,17-18H2,1H3,(H,27,29)(H,28,31)/t19-,23-/m0/s1. The van der Waals surface area contributed by atoms with Gasteiger partial charge < -0.3 is 15.4 Å². The lowest BCUT2D eigenvalue weighted by molar-refractivity contribution is -0.126. The monoisotopic (exact) mass is 462 g/mol. The van der Waals surface area contributed by atoms with E-state index in [2.05, 4.69) is 10.6 Å². The van der Waals surface area contributed by atoms with Gasteiger partial charge in [-0.3, -0.25) is 9.59 Å². The van der Waals surface area contributed by atoms with E-state index in [4.69, 9.17) is 4.74 Å². The van der Waals surface area contributed by atoms with E-state index >= 15 is 0 Å². The van der Waals surface area contributed by atoms with Crippen molar-refractivity contribution in [1.82, 2.24) is 10.6 Å². The van der Waals surface area contributed by atoms with E-state index in [1.807, 2.05) is 91.0 Å². The molecule has 0 heterocycles. The molecule has 0 aliphatic rings. The molecule has 170 valence electrons. The summed E-state index contributed by atoms with van der Waals surface area (Å²) in [4.78, 5) is 38.7. The van der Waals surface area contributed by atoms with Crippen molar-refractivity contribution in [3.8, 4) is 0 Å². The number of benzene rings is 3. The summed E-state index contributed by atoms with van der Waals surface area (Å²) in [6.45, 7) is 1.72. The molecule has 0 aliphatic heterocycles. The van der Waals surface area contributed by atoms with Gasteiger partial charge in [-0.1, -0.05) is 78.9 Å². The van der Waals surface area contributed by atoms with Crippen LogP contribution in [-0.2, 0) is 27.4 Å². The lowest BCUT2D eigenvalue weighted by atomic mass is 10.1. The van der Waals surface area contributed by atoms with Crippen LogP contribution in [0.1, 0.15) is 18.1 Å². The summed E-state index contributed by atoms with van der Waals surface area (Å²) in [6.07, 6.45) is -0.438. The van der Waals surface area contributed by atoms with Crippen molar-refractivity contribution in [2.24, 2.45) is 0 Å². The molecule has 2 atom stereocenters. The maximum atomic E-state index is 13.0. The van der Waals surface area contributed by atoms with E-state index < -0.39 is 24.1 Å². The Labute approximate surface area is 197 Å². The molecule has 0 saturated heterocycles. The molecular weight excluding hydrogens is 436 g/mol. The number of carbonyl (C=O) groups is 3. The Balaban J connectivity index is 1.61. The molecule has 0 saturated carbocycles. The van der Waals surface area contributed by atoms with Crippen molar-refractivity contribution in [3.63, 3.8) is 0 Å². The van der Waals surface area contributed by atoms with Gasteiger partial charge in [0.25, 0.3) is 0 Å². The fourth-order valence-corrected chi connectivity index (χ4v) is 3.79. The summed E-state index contributed by atoms with van der Waals surface area (Å²) in [5.41, 5.74) is 1.72. The Morgan fingerprint density at radius 1 is 0.788 bits per heavy atom. The summed E-state index contributed by atoms with van der Waals surface area (Å²) in [5, 5.41) is 5.16. The van der Waals surface area contributed by atoms with Gasteiger partial charge in [0.2, 0.25) is 11.0 Å². The van der Waals surface area contributed by atoms with Crippen molar-refractivity contribution in [1.29, 1.82) is 0 Å². The summed E-state index contributed by atoms with van der Waals surface area (Å²) in [7, 11) is 0. The average molecular weight is 463 g/mol. The second-order valence-corrected chi connectivity index (χ2v) is 8.49. The van der Waals surface area contributed by atoms with Gasteiger partial charge in [-0.2, -0.15) is 0 Å². The Bertz CT molecular complexity index is 1050. The first-order chi connectivity index (χ1) is 16.0. The molecule has 33 heavy (non-hydrogen) atoms. The SMILES string of the molecule is C[C@H](NC(=O)[C@H](Cc1ccccc1)NC(=O)OCc1ccccc1)C(=O)Sc1ccccc1. The van der Waals surface area contributed by atoms with Crippen LogP contribution in [0.25, 0.3) is 0 Å². The largest absolute Gasteiger partial charge is 0.445 e. The third-order valence-corrected chi connectivity index (χ3v) is 5.84. The van der Waals surface area contributed by atoms with Crippen LogP contribution in [0.4, 0.5) is 4.79 Å². The van der Waals surface area contributed by atoms with E-state index in [-0.39, 0.29) is 18.1 Å². The molecule has 3 aromatic rings. The van der Waals surface area contributed by atoms with Gasteiger partial charge in [-0.15, -0.1) is 0 Å². The molecule has 3 aromatic carbocycles. The molecular formula is C26H26N2O4S. The molecule has 7 heteroatoms. The molecule has 2 N–H and O–H groups in total. The lowest BCUT2D eigenvalue weighted by Crippen LogP contribution is -2.51. The van der Waals surface area contributed by atoms with Crippen molar-refractivity contribution >= 4 is 28.9 Å². The van der Waals surface area contributed by atoms with Gasteiger partial charge in [0.15, 0.2) is 0 Å². The number of amides is 2. The van der Waals surface area contributed by atoms with Gasteiger partial charge in [-0.25, -0.2) is 4.79 Å². The maximum Gasteiger partial charge on any atom is 0.408 e. The Hall–Kier alpha value is -3.58. The van der Waals surface area contributed by atoms with Crippen LogP contribution in [0.2, 0.25) is 0 Å². The van der Waals surface area contributed by atoms with Crippen LogP contribution >= 0.6 is 11.8 Å². The first kappa shape index (κ1) is 24.1. The summed E-state index contributed by atoms with van der Waals surface area (Å²) >= 11 is 1.06. The van der Waals surface area contributed by atoms with Gasteiger partial charge in [-0.05, 0) is 41.9 Å². The molecule has 0 spiro atoms. The second-order valence-electron chi connectivity index (χ2n) is 7.41. The van der Waals surface area contributed by atoms with Gasteiger partial charge in [0.1, 0.15) is 12.6 Å². The zero-order valence-corrected chi connectivity index (χ0v) is 19.1. The zero-order valence-electron chi connectivity index (χ0n) is 18.3. The predicted molar refractivity (Wildman–Crippen MR) is 129 cm³/mol. The second kappa shape index (κ2) is 12.5. The summed E-state index contributed by atoms with van der Waals surface area (Å²) in [5.74, 6) is -0.454. The van der Waals surface area contributed by atoms with E-state index in [0.29, 0.717) is 0 Å². The topological polar surface area (TPSA) is 84.5 Å². The summed E-state index contributed by atoms with van der Waals surface area (Å²) in [6, 6.07) is 26.2. The zero-order chi connectivity index (χ0) is 23.5. The van der Waals surface area contributed by atoms with E-state index in [9.17, 15) is 14.4 Å². The molecule has 6 nitrogen and oxygen atoms in total. The number of alkyl carbamates (subject to hydrolysis) is 1. The highest BCUT2D eigenvalue weighted by Gasteiger charge is 2.25. The number of nitrogens with one attached hydrogen (secondary N) is 2. The van der Waals surface area contributed by atoms with E-state index in [1.54, 1.807) is 6.92 Å². The van der Waals surface area contributed by atoms with E-state index in [0.717, 1.165) is 27.8 Å². The number of ether oxygens (including phenoxy) is 1. The Kier molecular flexibility index (Phi) is 9.08. The lowest BCUT2D eigenvalue weighted by Gasteiger charge is -2.21. The molecule has 0 unspecified atom stereocenters. The number of thioether (sulfide) groups is 1. The average Bonchev–Trinajstić information content (AvgIpc) is 2.84. The third kappa shape index (κ3) is 8.12. The molecule has 0 bridgehead atoms. The van der Waals surface area contributed by atoms with Gasteiger partial charge in [0, 0.05) is 11.3 Å². The molecule has 0 aromatic heterocycles. The van der Waals surface area contributed by atoms with Crippen LogP contribution < -0.4 is 10.6 Å². The first-order valence-electron chi connectivity index (χ1n) is 10.6. The minimum atomic E-state index is -0.896. The molecule has 0 fully saturated rings. The van der Waals surface area contributed by atoms with Crippen LogP contribution in [0.15, 0.2) is 95.9 Å². The normalized spacial score (nSPS) is 12.3. The van der Waals surface area contributed by atoms with Crippen LogP contribution in [0.5, 0.6) is 0 Å². The highest BCUT2D eigenvalue weighted by atomic mass is 32.2. The highest BCUT2D eigenvalue weighted by Crippen LogP contribution is 2.19.